The van der Waals surface area contributed by atoms with E-state index in [0.29, 0.717) is 4.75 Å². The first kappa shape index (κ1) is 9.40. The van der Waals surface area contributed by atoms with Crippen molar-refractivity contribution in [3.8, 4) is 0 Å². The number of rotatable bonds is 3. The van der Waals surface area contributed by atoms with Crippen molar-refractivity contribution in [2.75, 3.05) is 6.54 Å². The summed E-state index contributed by atoms with van der Waals surface area (Å²) in [5.74, 6) is 0. The second kappa shape index (κ2) is 3.81. The fraction of sp³-hybridized carbons (Fsp3) is 1.00. The number of thioether (sulfide) groups is 1. The summed E-state index contributed by atoms with van der Waals surface area (Å²) >= 11 is 2.08. The van der Waals surface area contributed by atoms with Crippen molar-refractivity contribution in [1.82, 2.24) is 0 Å². The van der Waals surface area contributed by atoms with Gasteiger partial charge in [0.05, 0.1) is 0 Å². The zero-order valence-electron chi connectivity index (χ0n) is 7.60. The molecule has 0 spiro atoms. The molecule has 0 unspecified atom stereocenters. The van der Waals surface area contributed by atoms with Gasteiger partial charge in [0.1, 0.15) is 0 Å². The van der Waals surface area contributed by atoms with Crippen LogP contribution in [-0.2, 0) is 0 Å². The van der Waals surface area contributed by atoms with Crippen LogP contribution < -0.4 is 5.73 Å². The molecule has 0 saturated heterocycles. The van der Waals surface area contributed by atoms with E-state index < -0.39 is 0 Å². The second-order valence-electron chi connectivity index (χ2n) is 3.76. The van der Waals surface area contributed by atoms with Gasteiger partial charge in [-0.1, -0.05) is 26.7 Å². The van der Waals surface area contributed by atoms with Gasteiger partial charge in [0, 0.05) is 11.3 Å². The first-order valence-electron chi connectivity index (χ1n) is 4.56. The Morgan fingerprint density at radius 3 is 2.27 bits per heavy atom. The molecule has 0 aromatic rings. The van der Waals surface area contributed by atoms with Gasteiger partial charge in [-0.3, -0.25) is 0 Å². The Hall–Kier alpha value is 0.310. The quantitative estimate of drug-likeness (QED) is 0.709. The minimum Gasteiger partial charge on any atom is -0.329 e. The van der Waals surface area contributed by atoms with Crippen molar-refractivity contribution in [2.45, 2.75) is 49.5 Å². The first-order valence-corrected chi connectivity index (χ1v) is 5.44. The molecule has 66 valence electrons. The normalized spacial score (nSPS) is 22.9. The van der Waals surface area contributed by atoms with Gasteiger partial charge >= 0.3 is 0 Å². The van der Waals surface area contributed by atoms with Crippen LogP contribution in [-0.4, -0.2) is 16.5 Å². The predicted octanol–water partition coefficient (Wildman–Crippen LogP) is 2.40. The Balaban J connectivity index is 2.45. The molecule has 2 N–H and O–H groups in total. The molecule has 11 heavy (non-hydrogen) atoms. The predicted molar refractivity (Wildman–Crippen MR) is 53.0 cm³/mol. The third-order valence-corrected chi connectivity index (χ3v) is 3.92. The number of hydrogen-bond acceptors (Lipinski definition) is 2. The van der Waals surface area contributed by atoms with Gasteiger partial charge in [0.2, 0.25) is 0 Å². The van der Waals surface area contributed by atoms with E-state index in [9.17, 15) is 0 Å². The molecular formula is C9H19NS. The Kier molecular flexibility index (Phi) is 3.26. The summed E-state index contributed by atoms with van der Waals surface area (Å²) in [6.45, 7) is 5.40. The fourth-order valence-electron chi connectivity index (χ4n) is 1.89. The van der Waals surface area contributed by atoms with Crippen molar-refractivity contribution in [1.29, 1.82) is 0 Å². The molecule has 0 heterocycles. The van der Waals surface area contributed by atoms with E-state index in [0.717, 1.165) is 11.8 Å². The lowest BCUT2D eigenvalue weighted by Crippen LogP contribution is -2.32. The van der Waals surface area contributed by atoms with Gasteiger partial charge in [-0.05, 0) is 18.1 Å². The molecule has 0 aromatic heterocycles. The Labute approximate surface area is 74.1 Å². The number of nitrogens with two attached hydrogens (primary N) is 1. The molecule has 0 radical (unpaired) electrons. The van der Waals surface area contributed by atoms with Crippen molar-refractivity contribution in [3.63, 3.8) is 0 Å². The maximum atomic E-state index is 5.80. The maximum Gasteiger partial charge on any atom is 0.0284 e. The molecule has 0 amide bonds. The van der Waals surface area contributed by atoms with E-state index in [1.54, 1.807) is 0 Å². The fourth-order valence-corrected chi connectivity index (χ4v) is 3.51. The smallest absolute Gasteiger partial charge is 0.0284 e. The summed E-state index contributed by atoms with van der Waals surface area (Å²) in [7, 11) is 0. The molecule has 0 bridgehead atoms. The molecule has 0 aliphatic heterocycles. The molecule has 1 nitrogen and oxygen atoms in total. The van der Waals surface area contributed by atoms with Crippen LogP contribution in [0.1, 0.15) is 39.5 Å². The second-order valence-corrected chi connectivity index (χ2v) is 5.81. The third-order valence-electron chi connectivity index (χ3n) is 2.37. The van der Waals surface area contributed by atoms with Crippen molar-refractivity contribution in [3.05, 3.63) is 0 Å². The van der Waals surface area contributed by atoms with Gasteiger partial charge in [0.15, 0.2) is 0 Å². The zero-order valence-corrected chi connectivity index (χ0v) is 8.41. The summed E-state index contributed by atoms with van der Waals surface area (Å²) in [5, 5.41) is 0.733. The molecule has 1 rings (SSSR count). The van der Waals surface area contributed by atoms with Crippen LogP contribution >= 0.6 is 11.8 Å². The Morgan fingerprint density at radius 1 is 1.36 bits per heavy atom. The van der Waals surface area contributed by atoms with Crippen LogP contribution in [0.5, 0.6) is 0 Å². The summed E-state index contributed by atoms with van der Waals surface area (Å²) < 4.78 is 0.453. The minimum absolute atomic E-state index is 0.453. The van der Waals surface area contributed by atoms with E-state index in [2.05, 4.69) is 25.6 Å². The van der Waals surface area contributed by atoms with E-state index in [1.807, 2.05) is 0 Å². The van der Waals surface area contributed by atoms with Crippen LogP contribution in [0.4, 0.5) is 0 Å². The monoisotopic (exact) mass is 173 g/mol. The van der Waals surface area contributed by atoms with Crippen molar-refractivity contribution in [2.24, 2.45) is 5.73 Å². The molecular weight excluding hydrogens is 154 g/mol. The van der Waals surface area contributed by atoms with Crippen LogP contribution in [0.2, 0.25) is 0 Å². The molecule has 1 saturated carbocycles. The van der Waals surface area contributed by atoms with Crippen LogP contribution in [0.25, 0.3) is 0 Å². The van der Waals surface area contributed by atoms with Crippen molar-refractivity contribution >= 4 is 11.8 Å². The van der Waals surface area contributed by atoms with Gasteiger partial charge in [-0.2, -0.15) is 11.8 Å². The molecule has 1 aliphatic carbocycles. The summed E-state index contributed by atoms with van der Waals surface area (Å²) in [4.78, 5) is 0. The lowest BCUT2D eigenvalue weighted by Gasteiger charge is -2.28. The average molecular weight is 173 g/mol. The summed E-state index contributed by atoms with van der Waals surface area (Å²) in [5.41, 5.74) is 5.80. The van der Waals surface area contributed by atoms with Gasteiger partial charge in [-0.15, -0.1) is 0 Å². The first-order chi connectivity index (χ1) is 5.18. The molecule has 2 heteroatoms. The third kappa shape index (κ3) is 2.38. The average Bonchev–Trinajstić information content (AvgIpc) is 2.36. The zero-order chi connectivity index (χ0) is 8.32. The molecule has 1 aliphatic rings. The van der Waals surface area contributed by atoms with E-state index in [-0.39, 0.29) is 0 Å². The lowest BCUT2D eigenvalue weighted by molar-refractivity contribution is 0.616. The Morgan fingerprint density at radius 2 is 1.91 bits per heavy atom. The van der Waals surface area contributed by atoms with E-state index in [4.69, 9.17) is 5.73 Å². The summed E-state index contributed by atoms with van der Waals surface area (Å²) in [6, 6.07) is 0. The molecule has 0 atom stereocenters. The van der Waals surface area contributed by atoms with Gasteiger partial charge in [0.25, 0.3) is 0 Å². The summed E-state index contributed by atoms with van der Waals surface area (Å²) in [6.07, 6.45) is 5.45. The topological polar surface area (TPSA) is 26.0 Å². The van der Waals surface area contributed by atoms with Crippen LogP contribution in [0.3, 0.4) is 0 Å². The highest BCUT2D eigenvalue weighted by molar-refractivity contribution is 8.01. The Bertz CT molecular complexity index is 117. The lowest BCUT2D eigenvalue weighted by atomic mass is 10.1. The largest absolute Gasteiger partial charge is 0.329 e. The SMILES string of the molecule is CC(C)SC1(CN)CCCC1. The highest BCUT2D eigenvalue weighted by Crippen LogP contribution is 2.42. The molecule has 1 fully saturated rings. The standard InChI is InChI=1S/C9H19NS/c1-8(2)11-9(7-10)5-3-4-6-9/h8H,3-7,10H2,1-2H3. The minimum atomic E-state index is 0.453. The van der Waals surface area contributed by atoms with Crippen LogP contribution in [0.15, 0.2) is 0 Å². The van der Waals surface area contributed by atoms with Crippen molar-refractivity contribution < 1.29 is 0 Å². The maximum absolute atomic E-state index is 5.80. The highest BCUT2D eigenvalue weighted by Gasteiger charge is 2.33. The highest BCUT2D eigenvalue weighted by atomic mass is 32.2. The van der Waals surface area contributed by atoms with E-state index in [1.165, 1.54) is 25.7 Å². The van der Waals surface area contributed by atoms with E-state index >= 15 is 0 Å². The van der Waals surface area contributed by atoms with Gasteiger partial charge in [-0.25, -0.2) is 0 Å². The molecule has 0 aromatic carbocycles. The van der Waals surface area contributed by atoms with Crippen LogP contribution in [0, 0.1) is 0 Å². The number of hydrogen-bond donors (Lipinski definition) is 1. The van der Waals surface area contributed by atoms with Gasteiger partial charge < -0.3 is 5.73 Å².